The Bertz CT molecular complexity index is 59.2. The average molecular weight is 153 g/mol. The number of rotatable bonds is 2. The fourth-order valence-electron chi connectivity index (χ4n) is 0. The molecule has 0 aliphatic heterocycles. The first-order chi connectivity index (χ1) is 4.47. The lowest BCUT2D eigenvalue weighted by Gasteiger charge is -2.09. The molecule has 64 valence electrons. The molecule has 6 N–H and O–H groups in total. The van der Waals surface area contributed by atoms with Crippen molar-refractivity contribution in [2.75, 3.05) is 19.8 Å². The molecule has 0 heterocycles. The molecule has 0 unspecified atom stereocenters. The second-order valence-corrected chi connectivity index (χ2v) is 1.89. The van der Waals surface area contributed by atoms with E-state index in [2.05, 4.69) is 0 Å². The van der Waals surface area contributed by atoms with Crippen LogP contribution in [0, 0.1) is 0 Å². The summed E-state index contributed by atoms with van der Waals surface area (Å²) in [7, 11) is 0. The Balaban J connectivity index is 0. The monoisotopic (exact) mass is 153 g/mol. The molecular weight excluding hydrogens is 138 g/mol. The van der Waals surface area contributed by atoms with Gasteiger partial charge in [-0.25, -0.2) is 0 Å². The van der Waals surface area contributed by atoms with Gasteiger partial charge in [-0.3, -0.25) is 0 Å². The van der Waals surface area contributed by atoms with E-state index in [0.717, 1.165) is 6.92 Å². The fraction of sp³-hybridized carbons (Fsp3) is 1.00. The number of aliphatic hydroxyl groups excluding tert-OH is 2. The second-order valence-electron chi connectivity index (χ2n) is 1.89. The van der Waals surface area contributed by atoms with Crippen molar-refractivity contribution >= 4 is 0 Å². The first-order valence-corrected chi connectivity index (χ1v) is 2.84. The van der Waals surface area contributed by atoms with Gasteiger partial charge in [0.1, 0.15) is 0 Å². The molecule has 0 aliphatic rings. The summed E-state index contributed by atoms with van der Waals surface area (Å²) in [5, 5.41) is 31.9. The predicted octanol–water partition coefficient (Wildman–Crippen LogP) is -2.38. The zero-order valence-corrected chi connectivity index (χ0v) is 5.99. The summed E-state index contributed by atoms with van der Waals surface area (Å²) in [5.74, 6) is -1.90. The summed E-state index contributed by atoms with van der Waals surface area (Å²) in [4.78, 5) is 0. The van der Waals surface area contributed by atoms with Crippen LogP contribution in [0.25, 0.3) is 0 Å². The van der Waals surface area contributed by atoms with Gasteiger partial charge in [0.05, 0.1) is 13.2 Å². The van der Waals surface area contributed by atoms with Crippen molar-refractivity contribution in [3.8, 4) is 0 Å². The Morgan fingerprint density at radius 2 is 1.50 bits per heavy atom. The first-order valence-electron chi connectivity index (χ1n) is 2.84. The van der Waals surface area contributed by atoms with E-state index >= 15 is 0 Å². The molecule has 0 radical (unpaired) electrons. The predicted molar refractivity (Wildman–Crippen MR) is 36.1 cm³/mol. The van der Waals surface area contributed by atoms with E-state index in [-0.39, 0.29) is 6.61 Å². The van der Waals surface area contributed by atoms with Gasteiger partial charge in [-0.2, -0.15) is 0 Å². The zero-order chi connectivity index (χ0) is 8.62. The maximum Gasteiger partial charge on any atom is 0.183 e. The highest BCUT2D eigenvalue weighted by molar-refractivity contribution is 4.48. The molecule has 0 aromatic heterocycles. The van der Waals surface area contributed by atoms with Gasteiger partial charge in [0.2, 0.25) is 0 Å². The van der Waals surface area contributed by atoms with Crippen molar-refractivity contribution < 1.29 is 20.4 Å². The summed E-state index contributed by atoms with van der Waals surface area (Å²) in [6.45, 7) is 0.958. The summed E-state index contributed by atoms with van der Waals surface area (Å²) < 4.78 is 0. The van der Waals surface area contributed by atoms with Crippen LogP contribution < -0.4 is 5.73 Å². The molecule has 0 aliphatic carbocycles. The minimum Gasteiger partial charge on any atom is -0.395 e. The maximum absolute atomic E-state index is 8.13. The molecule has 0 rings (SSSR count). The third kappa shape index (κ3) is 25.0. The van der Waals surface area contributed by atoms with Crippen molar-refractivity contribution in [1.29, 1.82) is 0 Å². The van der Waals surface area contributed by atoms with E-state index in [0.29, 0.717) is 6.54 Å². The Hall–Kier alpha value is -0.200. The maximum atomic E-state index is 8.13. The lowest BCUT2D eigenvalue weighted by molar-refractivity contribution is -0.171. The Morgan fingerprint density at radius 3 is 1.50 bits per heavy atom. The van der Waals surface area contributed by atoms with Gasteiger partial charge >= 0.3 is 0 Å². The Morgan fingerprint density at radius 1 is 1.30 bits per heavy atom. The van der Waals surface area contributed by atoms with E-state index in [1.54, 1.807) is 0 Å². The molecule has 0 atom stereocenters. The van der Waals surface area contributed by atoms with Crippen LogP contribution in [0.5, 0.6) is 0 Å². The highest BCUT2D eigenvalue weighted by Crippen LogP contribution is 1.90. The van der Waals surface area contributed by atoms with Crippen LogP contribution in [0.2, 0.25) is 0 Å². The molecule has 0 saturated carbocycles. The van der Waals surface area contributed by atoms with E-state index in [1.165, 1.54) is 0 Å². The smallest absolute Gasteiger partial charge is 0.183 e. The van der Waals surface area contributed by atoms with Crippen molar-refractivity contribution in [2.24, 2.45) is 5.73 Å². The molecule has 0 aromatic rings. The van der Waals surface area contributed by atoms with Crippen LogP contribution in [0.1, 0.15) is 6.92 Å². The lowest BCUT2D eigenvalue weighted by atomic mass is 10.4. The molecule has 0 fully saturated rings. The third-order valence-electron chi connectivity index (χ3n) is 0.429. The fourth-order valence-corrected chi connectivity index (χ4v) is 0. The molecule has 0 aromatic carbocycles. The first kappa shape index (κ1) is 12.5. The Labute approximate surface area is 59.7 Å². The normalized spacial score (nSPS) is 10.2. The van der Waals surface area contributed by atoms with Gasteiger partial charge in [-0.15, -0.1) is 0 Å². The van der Waals surface area contributed by atoms with Crippen LogP contribution >= 0.6 is 0 Å². The lowest BCUT2D eigenvalue weighted by Crippen LogP contribution is -2.27. The molecule has 0 saturated heterocycles. The minimum absolute atomic E-state index is 0.0972. The number of aliphatic hydroxyl groups is 4. The number of nitrogens with two attached hydrogens (primary N) is 1. The summed E-state index contributed by atoms with van der Waals surface area (Å²) in [6.07, 6.45) is 0. The van der Waals surface area contributed by atoms with Gasteiger partial charge < -0.3 is 26.2 Å². The average Bonchev–Trinajstić information content (AvgIpc) is 1.87. The van der Waals surface area contributed by atoms with Crippen LogP contribution in [-0.4, -0.2) is 46.0 Å². The van der Waals surface area contributed by atoms with Gasteiger partial charge in [0.15, 0.2) is 5.79 Å². The Kier molecular flexibility index (Phi) is 8.62. The number of hydrogen-bond acceptors (Lipinski definition) is 5. The van der Waals surface area contributed by atoms with Crippen LogP contribution in [0.15, 0.2) is 0 Å². The van der Waals surface area contributed by atoms with E-state index < -0.39 is 12.4 Å². The molecule has 5 heteroatoms. The van der Waals surface area contributed by atoms with Gasteiger partial charge in [0.25, 0.3) is 0 Å². The summed E-state index contributed by atoms with van der Waals surface area (Å²) >= 11 is 0. The largest absolute Gasteiger partial charge is 0.395 e. The highest BCUT2D eigenvalue weighted by atomic mass is 16.5. The van der Waals surface area contributed by atoms with E-state index in [9.17, 15) is 0 Å². The van der Waals surface area contributed by atoms with Crippen LogP contribution in [0.3, 0.4) is 0 Å². The molecule has 5 nitrogen and oxygen atoms in total. The van der Waals surface area contributed by atoms with Crippen LogP contribution in [-0.2, 0) is 0 Å². The van der Waals surface area contributed by atoms with Crippen molar-refractivity contribution in [2.45, 2.75) is 12.7 Å². The highest BCUT2D eigenvalue weighted by Gasteiger charge is 2.10. The van der Waals surface area contributed by atoms with Crippen molar-refractivity contribution in [3.63, 3.8) is 0 Å². The van der Waals surface area contributed by atoms with Gasteiger partial charge in [0, 0.05) is 6.54 Å². The van der Waals surface area contributed by atoms with Crippen molar-refractivity contribution in [3.05, 3.63) is 0 Å². The standard InChI is InChI=1S/C3H8O3.C2H7NO/c1-3(5,6)2-4;3-1-2-4/h4-6H,2H2,1H3;4H,1-3H2. The molecule has 10 heavy (non-hydrogen) atoms. The van der Waals surface area contributed by atoms with Gasteiger partial charge in [-0.05, 0) is 6.92 Å². The minimum atomic E-state index is -1.90. The van der Waals surface area contributed by atoms with E-state index in [4.69, 9.17) is 26.2 Å². The molecule has 0 amide bonds. The quantitative estimate of drug-likeness (QED) is 0.285. The zero-order valence-electron chi connectivity index (χ0n) is 5.99. The number of hydrogen-bond donors (Lipinski definition) is 5. The van der Waals surface area contributed by atoms with Crippen molar-refractivity contribution in [1.82, 2.24) is 0 Å². The third-order valence-corrected chi connectivity index (χ3v) is 0.429. The van der Waals surface area contributed by atoms with E-state index in [1.807, 2.05) is 0 Å². The van der Waals surface area contributed by atoms with Crippen LogP contribution in [0.4, 0.5) is 0 Å². The molecule has 0 spiro atoms. The SMILES string of the molecule is CC(O)(O)CO.NCCO. The summed E-state index contributed by atoms with van der Waals surface area (Å²) in [6, 6.07) is 0. The summed E-state index contributed by atoms with van der Waals surface area (Å²) in [5.41, 5.74) is 4.78. The molecular formula is C5H15NO4. The topological polar surface area (TPSA) is 107 Å². The molecule has 0 bridgehead atoms. The second kappa shape index (κ2) is 6.91. The van der Waals surface area contributed by atoms with Gasteiger partial charge in [-0.1, -0.05) is 0 Å².